The summed E-state index contributed by atoms with van der Waals surface area (Å²) in [5.41, 5.74) is 5.69. The Morgan fingerprint density at radius 1 is 1.12 bits per heavy atom. The lowest BCUT2D eigenvalue weighted by molar-refractivity contribution is 0.0234. The first kappa shape index (κ1) is 22.5. The van der Waals surface area contributed by atoms with E-state index in [0.717, 1.165) is 37.1 Å². The first-order valence-corrected chi connectivity index (χ1v) is 11.8. The van der Waals surface area contributed by atoms with Crippen LogP contribution in [0, 0.1) is 17.2 Å². The van der Waals surface area contributed by atoms with Gasteiger partial charge in [0.15, 0.2) is 0 Å². The summed E-state index contributed by atoms with van der Waals surface area (Å²) in [5, 5.41) is 15.8. The molecule has 2 aromatic carbocycles. The standard InChI is InChI=1S/C26H27FN2O.C2H6/c1-26-16-19-17-28-29(22-12-10-21(27)11-13-22)24(19)15-20(26)8-5-9-23(26)25(30)14-18-6-3-2-4-7-18;1-2/h2-4,6-7,10-13,15,17,23,25,30H,5,8-9,14,16H2,1H3;1-2H3. The summed E-state index contributed by atoms with van der Waals surface area (Å²) in [4.78, 5) is 0. The Balaban J connectivity index is 0.00000119. The van der Waals surface area contributed by atoms with E-state index < -0.39 is 0 Å². The number of fused-ring (bicyclic) bond motifs is 2. The van der Waals surface area contributed by atoms with Gasteiger partial charge in [-0.1, -0.05) is 56.7 Å². The van der Waals surface area contributed by atoms with Crippen LogP contribution in [0.5, 0.6) is 0 Å². The Hall–Kier alpha value is -2.72. The Labute approximate surface area is 190 Å². The molecule has 1 saturated carbocycles. The van der Waals surface area contributed by atoms with E-state index in [1.165, 1.54) is 28.8 Å². The second-order valence-corrected chi connectivity index (χ2v) is 8.96. The van der Waals surface area contributed by atoms with Crippen LogP contribution in [-0.4, -0.2) is 21.0 Å². The van der Waals surface area contributed by atoms with Gasteiger partial charge >= 0.3 is 0 Å². The van der Waals surface area contributed by atoms with Crippen LogP contribution in [0.25, 0.3) is 11.8 Å². The minimum atomic E-state index is -0.366. The highest BCUT2D eigenvalue weighted by atomic mass is 19.1. The third kappa shape index (κ3) is 4.16. The molecule has 1 fully saturated rings. The first-order chi connectivity index (χ1) is 15.5. The molecule has 5 rings (SSSR count). The van der Waals surface area contributed by atoms with Crippen molar-refractivity contribution in [2.45, 2.75) is 59.0 Å². The molecule has 3 aromatic rings. The van der Waals surface area contributed by atoms with E-state index in [1.807, 2.05) is 42.9 Å². The Bertz CT molecular complexity index is 1070. The molecule has 4 heteroatoms. The number of rotatable bonds is 4. The van der Waals surface area contributed by atoms with E-state index in [0.29, 0.717) is 6.42 Å². The molecule has 0 aliphatic heterocycles. The van der Waals surface area contributed by atoms with Gasteiger partial charge in [-0.05, 0) is 84.9 Å². The van der Waals surface area contributed by atoms with Crippen molar-refractivity contribution in [2.75, 3.05) is 0 Å². The van der Waals surface area contributed by atoms with Crippen LogP contribution in [0.3, 0.4) is 0 Å². The number of halogens is 1. The summed E-state index contributed by atoms with van der Waals surface area (Å²) < 4.78 is 15.3. The minimum Gasteiger partial charge on any atom is -0.392 e. The van der Waals surface area contributed by atoms with Crippen molar-refractivity contribution < 1.29 is 9.50 Å². The smallest absolute Gasteiger partial charge is 0.123 e. The quantitative estimate of drug-likeness (QED) is 0.519. The van der Waals surface area contributed by atoms with Crippen LogP contribution in [0.2, 0.25) is 0 Å². The van der Waals surface area contributed by atoms with Crippen molar-refractivity contribution in [1.29, 1.82) is 0 Å². The Morgan fingerprint density at radius 2 is 1.84 bits per heavy atom. The van der Waals surface area contributed by atoms with Crippen molar-refractivity contribution in [3.8, 4) is 5.69 Å². The van der Waals surface area contributed by atoms with E-state index in [2.05, 4.69) is 30.2 Å². The molecule has 168 valence electrons. The fraction of sp³-hybridized carbons (Fsp3) is 0.393. The zero-order chi connectivity index (χ0) is 22.7. The average Bonchev–Trinajstić information content (AvgIpc) is 3.21. The lowest BCUT2D eigenvalue weighted by atomic mass is 9.58. The summed E-state index contributed by atoms with van der Waals surface area (Å²) in [6.45, 7) is 6.31. The molecule has 0 radical (unpaired) electrons. The van der Waals surface area contributed by atoms with Gasteiger partial charge in [0.1, 0.15) is 5.82 Å². The van der Waals surface area contributed by atoms with Gasteiger partial charge in [-0.15, -0.1) is 0 Å². The predicted molar refractivity (Wildman–Crippen MR) is 128 cm³/mol. The average molecular weight is 433 g/mol. The van der Waals surface area contributed by atoms with Crippen LogP contribution < -0.4 is 0 Å². The SMILES string of the molecule is CC.CC12Cc3cnn(-c4ccc(F)cc4)c3C=C1CCCC2C(O)Cc1ccccc1. The van der Waals surface area contributed by atoms with Gasteiger partial charge in [0.25, 0.3) is 0 Å². The predicted octanol–water partition coefficient (Wildman–Crippen LogP) is 6.39. The fourth-order valence-electron chi connectivity index (χ4n) is 5.48. The molecule has 0 amide bonds. The maximum absolute atomic E-state index is 13.3. The molecule has 32 heavy (non-hydrogen) atoms. The number of aromatic nitrogens is 2. The third-order valence-corrected chi connectivity index (χ3v) is 7.09. The molecule has 0 spiro atoms. The molecule has 3 unspecified atom stereocenters. The van der Waals surface area contributed by atoms with Gasteiger partial charge in [0.05, 0.1) is 23.7 Å². The lowest BCUT2D eigenvalue weighted by Crippen LogP contribution is -2.43. The van der Waals surface area contributed by atoms with Crippen molar-refractivity contribution >= 4 is 6.08 Å². The van der Waals surface area contributed by atoms with Crippen molar-refractivity contribution in [3.05, 3.63) is 89.0 Å². The maximum Gasteiger partial charge on any atom is 0.123 e. The van der Waals surface area contributed by atoms with Crippen LogP contribution in [0.4, 0.5) is 4.39 Å². The van der Waals surface area contributed by atoms with E-state index in [-0.39, 0.29) is 23.3 Å². The van der Waals surface area contributed by atoms with Gasteiger partial charge in [-0.2, -0.15) is 5.10 Å². The molecule has 0 bridgehead atoms. The second kappa shape index (κ2) is 9.41. The zero-order valence-electron chi connectivity index (χ0n) is 19.3. The number of benzene rings is 2. The number of hydrogen-bond acceptors (Lipinski definition) is 2. The molecular formula is C28H33FN2O. The van der Waals surface area contributed by atoms with Gasteiger partial charge < -0.3 is 5.11 Å². The number of hydrogen-bond donors (Lipinski definition) is 1. The van der Waals surface area contributed by atoms with E-state index in [9.17, 15) is 9.50 Å². The third-order valence-electron chi connectivity index (χ3n) is 7.09. The number of aliphatic hydroxyl groups excluding tert-OH is 1. The minimum absolute atomic E-state index is 0.0594. The van der Waals surface area contributed by atoms with Gasteiger partial charge in [-0.3, -0.25) is 0 Å². The lowest BCUT2D eigenvalue weighted by Gasteiger charge is -2.47. The highest BCUT2D eigenvalue weighted by Crippen LogP contribution is 2.52. The van der Waals surface area contributed by atoms with Crippen molar-refractivity contribution in [3.63, 3.8) is 0 Å². The molecule has 0 saturated heterocycles. The topological polar surface area (TPSA) is 38.0 Å². The fourth-order valence-corrected chi connectivity index (χ4v) is 5.48. The molecule has 1 heterocycles. The number of allylic oxidation sites excluding steroid dienone is 1. The Morgan fingerprint density at radius 3 is 2.56 bits per heavy atom. The molecule has 3 nitrogen and oxygen atoms in total. The summed E-state index contributed by atoms with van der Waals surface area (Å²) in [5.74, 6) is -0.0201. The van der Waals surface area contributed by atoms with E-state index in [1.54, 1.807) is 12.1 Å². The summed E-state index contributed by atoms with van der Waals surface area (Å²) in [7, 11) is 0. The summed E-state index contributed by atoms with van der Waals surface area (Å²) >= 11 is 0. The van der Waals surface area contributed by atoms with Gasteiger partial charge in [0.2, 0.25) is 0 Å². The monoisotopic (exact) mass is 432 g/mol. The molecule has 1 aromatic heterocycles. The van der Waals surface area contributed by atoms with E-state index >= 15 is 0 Å². The summed E-state index contributed by atoms with van der Waals surface area (Å²) in [6.07, 6.45) is 8.61. The maximum atomic E-state index is 13.3. The Kier molecular flexibility index (Phi) is 6.61. The second-order valence-electron chi connectivity index (χ2n) is 8.96. The molecule has 3 atom stereocenters. The van der Waals surface area contributed by atoms with Crippen LogP contribution in [-0.2, 0) is 12.8 Å². The van der Waals surface area contributed by atoms with Crippen LogP contribution >= 0.6 is 0 Å². The normalized spacial score (nSPS) is 22.7. The van der Waals surface area contributed by atoms with Gasteiger partial charge in [0, 0.05) is 0 Å². The highest BCUT2D eigenvalue weighted by Gasteiger charge is 2.46. The largest absolute Gasteiger partial charge is 0.392 e. The number of aliphatic hydroxyl groups is 1. The first-order valence-electron chi connectivity index (χ1n) is 11.8. The molecule has 1 N–H and O–H groups in total. The van der Waals surface area contributed by atoms with E-state index in [4.69, 9.17) is 0 Å². The van der Waals surface area contributed by atoms with Gasteiger partial charge in [-0.25, -0.2) is 9.07 Å². The highest BCUT2D eigenvalue weighted by molar-refractivity contribution is 5.61. The van der Waals surface area contributed by atoms with Crippen LogP contribution in [0.15, 0.2) is 66.4 Å². The molecular weight excluding hydrogens is 399 g/mol. The summed E-state index contributed by atoms with van der Waals surface area (Å²) in [6, 6.07) is 16.7. The molecule has 2 aliphatic rings. The van der Waals surface area contributed by atoms with Crippen molar-refractivity contribution in [1.82, 2.24) is 9.78 Å². The van der Waals surface area contributed by atoms with Crippen LogP contribution in [0.1, 0.15) is 56.9 Å². The molecule has 2 aliphatic carbocycles. The zero-order valence-corrected chi connectivity index (χ0v) is 19.3. The number of nitrogens with zero attached hydrogens (tertiary/aromatic N) is 2. The van der Waals surface area contributed by atoms with Crippen molar-refractivity contribution in [2.24, 2.45) is 11.3 Å².